The molecule has 0 N–H and O–H groups in total. The van der Waals surface area contributed by atoms with E-state index in [9.17, 15) is 0 Å². The number of para-hydroxylation sites is 1. The van der Waals surface area contributed by atoms with Crippen molar-refractivity contribution < 1.29 is 0 Å². The van der Waals surface area contributed by atoms with Gasteiger partial charge in [0.15, 0.2) is 0 Å². The van der Waals surface area contributed by atoms with Crippen molar-refractivity contribution in [2.45, 2.75) is 89.8 Å². The van der Waals surface area contributed by atoms with Crippen LogP contribution in [0.1, 0.15) is 99.6 Å². The minimum atomic E-state index is 0.0615. The highest BCUT2D eigenvalue weighted by atomic mass is 15.5. The third kappa shape index (κ3) is 3.45. The number of fused-ring (bicyclic) bond motifs is 3. The number of aryl methyl sites for hydroxylation is 1. The number of anilines is 1. The largest absolute Gasteiger partial charge is 0.335 e. The zero-order chi connectivity index (χ0) is 25.7. The molecule has 3 aromatic rings. The minimum absolute atomic E-state index is 0.0615. The van der Waals surface area contributed by atoms with E-state index in [1.54, 1.807) is 5.56 Å². The molecular weight excluding hydrogens is 460 g/mol. The van der Waals surface area contributed by atoms with E-state index in [0.29, 0.717) is 11.8 Å². The molecule has 2 heteroatoms. The van der Waals surface area contributed by atoms with Crippen molar-refractivity contribution in [3.63, 3.8) is 0 Å². The van der Waals surface area contributed by atoms with E-state index in [-0.39, 0.29) is 11.7 Å². The van der Waals surface area contributed by atoms with Gasteiger partial charge in [-0.05, 0) is 74.1 Å². The van der Waals surface area contributed by atoms with Crippen molar-refractivity contribution in [1.29, 1.82) is 0 Å². The van der Waals surface area contributed by atoms with Crippen LogP contribution in [0.15, 0.2) is 84.6 Å². The fourth-order valence-electron chi connectivity index (χ4n) is 8.91. The highest BCUT2D eigenvalue weighted by molar-refractivity contribution is 5.83. The summed E-state index contributed by atoms with van der Waals surface area (Å²) in [4.78, 5) is 5.69. The van der Waals surface area contributed by atoms with Gasteiger partial charge in [0, 0.05) is 16.9 Å². The standard InChI is InChI=1S/C36H42N2/c1-26-16-12-15-25-33(26)37-27(2)34-31-23-13-14-24-32(31)36(29-19-8-4-9-20-29,30-21-10-5-11-22-30)38(34)35(37)28-17-6-3-7-18-28/h3,6-7,12-18,23-25,29-30,35H,4-5,8-11,19-22H2,1-2H3. The lowest BCUT2D eigenvalue weighted by Crippen LogP contribution is -2.55. The van der Waals surface area contributed by atoms with E-state index in [1.807, 2.05) is 0 Å². The monoisotopic (exact) mass is 502 g/mol. The Balaban J connectivity index is 1.53. The average Bonchev–Trinajstić information content (AvgIpc) is 3.45. The fraction of sp³-hybridized carbons (Fsp3) is 0.444. The first-order valence-electron chi connectivity index (χ1n) is 15.2. The highest BCUT2D eigenvalue weighted by Crippen LogP contribution is 2.66. The molecule has 0 radical (unpaired) electrons. The molecule has 0 bridgehead atoms. The Hall–Kier alpha value is -3.00. The zero-order valence-electron chi connectivity index (χ0n) is 23.2. The molecule has 0 aromatic heterocycles. The maximum Gasteiger partial charge on any atom is 0.133 e. The Morgan fingerprint density at radius 3 is 1.87 bits per heavy atom. The second-order valence-electron chi connectivity index (χ2n) is 12.3. The molecule has 2 nitrogen and oxygen atoms in total. The second-order valence-corrected chi connectivity index (χ2v) is 12.3. The van der Waals surface area contributed by atoms with Crippen LogP contribution in [0.4, 0.5) is 5.69 Å². The van der Waals surface area contributed by atoms with Crippen molar-refractivity contribution >= 4 is 11.4 Å². The predicted molar refractivity (Wildman–Crippen MR) is 159 cm³/mol. The first kappa shape index (κ1) is 24.1. The highest BCUT2D eigenvalue weighted by Gasteiger charge is 2.61. The summed E-state index contributed by atoms with van der Waals surface area (Å²) in [7, 11) is 0. The lowest BCUT2D eigenvalue weighted by atomic mass is 9.61. The summed E-state index contributed by atoms with van der Waals surface area (Å²) < 4.78 is 0. The molecule has 2 fully saturated rings. The molecule has 38 heavy (non-hydrogen) atoms. The first-order valence-corrected chi connectivity index (χ1v) is 15.2. The molecular formula is C36H42N2. The summed E-state index contributed by atoms with van der Waals surface area (Å²) in [6.45, 7) is 4.68. The van der Waals surface area contributed by atoms with Crippen LogP contribution in [0.25, 0.3) is 5.70 Å². The average molecular weight is 503 g/mol. The van der Waals surface area contributed by atoms with Crippen LogP contribution in [-0.2, 0) is 5.54 Å². The van der Waals surface area contributed by atoms with Crippen LogP contribution >= 0.6 is 0 Å². The van der Waals surface area contributed by atoms with E-state index < -0.39 is 0 Å². The Morgan fingerprint density at radius 1 is 0.632 bits per heavy atom. The Kier molecular flexibility index (Phi) is 6.10. The van der Waals surface area contributed by atoms with Gasteiger partial charge in [-0.1, -0.05) is 111 Å². The van der Waals surface area contributed by atoms with Gasteiger partial charge >= 0.3 is 0 Å². The molecule has 2 aliphatic heterocycles. The lowest BCUT2D eigenvalue weighted by Gasteiger charge is -2.55. The van der Waals surface area contributed by atoms with Gasteiger partial charge in [-0.25, -0.2) is 0 Å². The van der Waals surface area contributed by atoms with E-state index >= 15 is 0 Å². The van der Waals surface area contributed by atoms with Gasteiger partial charge in [-0.3, -0.25) is 0 Å². The topological polar surface area (TPSA) is 6.48 Å². The summed E-state index contributed by atoms with van der Waals surface area (Å²) in [6, 6.07) is 30.0. The van der Waals surface area contributed by atoms with Crippen molar-refractivity contribution in [1.82, 2.24) is 4.90 Å². The summed E-state index contributed by atoms with van der Waals surface area (Å²) in [6.07, 6.45) is 13.9. The number of hydrogen-bond donors (Lipinski definition) is 0. The molecule has 3 aromatic carbocycles. The predicted octanol–water partition coefficient (Wildman–Crippen LogP) is 9.57. The SMILES string of the molecule is CC1=C2c3ccccc3C(C3CCCCC3)(C3CCCCC3)N2C(c2ccccc2)N1c1ccccc1C. The molecule has 2 aliphatic carbocycles. The van der Waals surface area contributed by atoms with Crippen LogP contribution in [0, 0.1) is 18.8 Å². The summed E-state index contributed by atoms with van der Waals surface area (Å²) in [5.41, 5.74) is 10.2. The second kappa shape index (κ2) is 9.63. The van der Waals surface area contributed by atoms with Gasteiger partial charge in [-0.15, -0.1) is 0 Å². The van der Waals surface area contributed by atoms with Crippen molar-refractivity contribution in [2.75, 3.05) is 4.90 Å². The van der Waals surface area contributed by atoms with Gasteiger partial charge in [0.05, 0.1) is 11.2 Å². The van der Waals surface area contributed by atoms with Gasteiger partial charge in [-0.2, -0.15) is 0 Å². The zero-order valence-corrected chi connectivity index (χ0v) is 23.2. The number of rotatable bonds is 4. The van der Waals surface area contributed by atoms with Crippen LogP contribution < -0.4 is 4.90 Å². The van der Waals surface area contributed by atoms with E-state index in [4.69, 9.17) is 0 Å². The fourth-order valence-corrected chi connectivity index (χ4v) is 8.91. The number of benzene rings is 3. The smallest absolute Gasteiger partial charge is 0.133 e. The Labute approximate surface area is 229 Å². The molecule has 4 aliphatic rings. The minimum Gasteiger partial charge on any atom is -0.335 e. The summed E-state index contributed by atoms with van der Waals surface area (Å²) in [5, 5.41) is 0. The molecule has 7 rings (SSSR count). The van der Waals surface area contributed by atoms with Crippen LogP contribution in [0.2, 0.25) is 0 Å². The third-order valence-electron chi connectivity index (χ3n) is 10.4. The summed E-state index contributed by atoms with van der Waals surface area (Å²) in [5.74, 6) is 1.41. The Bertz CT molecular complexity index is 1310. The first-order chi connectivity index (χ1) is 18.7. The van der Waals surface area contributed by atoms with E-state index in [1.165, 1.54) is 98.0 Å². The molecule has 2 heterocycles. The number of allylic oxidation sites excluding steroid dienone is 1. The Morgan fingerprint density at radius 2 is 1.21 bits per heavy atom. The molecule has 1 unspecified atom stereocenters. The van der Waals surface area contributed by atoms with E-state index in [2.05, 4.69) is 103 Å². The van der Waals surface area contributed by atoms with Crippen LogP contribution in [0.3, 0.4) is 0 Å². The molecule has 2 saturated carbocycles. The molecule has 0 amide bonds. The molecule has 0 saturated heterocycles. The van der Waals surface area contributed by atoms with Crippen LogP contribution in [-0.4, -0.2) is 4.90 Å². The molecule has 1 atom stereocenters. The lowest BCUT2D eigenvalue weighted by molar-refractivity contribution is -0.0237. The van der Waals surface area contributed by atoms with E-state index in [0.717, 1.165) is 0 Å². The summed E-state index contributed by atoms with van der Waals surface area (Å²) >= 11 is 0. The van der Waals surface area contributed by atoms with Crippen molar-refractivity contribution in [2.24, 2.45) is 11.8 Å². The van der Waals surface area contributed by atoms with Crippen molar-refractivity contribution in [3.05, 3.63) is 107 Å². The maximum atomic E-state index is 3.00. The van der Waals surface area contributed by atoms with Gasteiger partial charge in [0.1, 0.15) is 6.17 Å². The quantitative estimate of drug-likeness (QED) is 0.350. The number of hydrogen-bond acceptors (Lipinski definition) is 2. The molecule has 196 valence electrons. The third-order valence-corrected chi connectivity index (χ3v) is 10.4. The van der Waals surface area contributed by atoms with Gasteiger partial charge in [0.2, 0.25) is 0 Å². The van der Waals surface area contributed by atoms with Gasteiger partial charge in [0.25, 0.3) is 0 Å². The van der Waals surface area contributed by atoms with Crippen molar-refractivity contribution in [3.8, 4) is 0 Å². The van der Waals surface area contributed by atoms with Gasteiger partial charge < -0.3 is 9.80 Å². The normalized spacial score (nSPS) is 23.6. The number of nitrogens with zero attached hydrogens (tertiary/aromatic N) is 2. The molecule has 0 spiro atoms. The maximum absolute atomic E-state index is 3.00. The van der Waals surface area contributed by atoms with Crippen LogP contribution in [0.5, 0.6) is 0 Å².